The van der Waals surface area contributed by atoms with E-state index in [0.29, 0.717) is 20.1 Å². The van der Waals surface area contributed by atoms with Gasteiger partial charge >= 0.3 is 0 Å². The largest absolute Gasteiger partial charge is 0.359 e. The Hall–Kier alpha value is -0.440. The van der Waals surface area contributed by atoms with Crippen molar-refractivity contribution in [2.75, 3.05) is 0 Å². The molecule has 1 nitrogen and oxygen atoms in total. The zero-order valence-corrected chi connectivity index (χ0v) is 12.6. The molecular formula is C14H8Cl4O. The third kappa shape index (κ3) is 2.72. The van der Waals surface area contributed by atoms with Crippen LogP contribution in [-0.2, 0) is 4.74 Å². The van der Waals surface area contributed by atoms with Crippen LogP contribution < -0.4 is 0 Å². The molecule has 1 saturated heterocycles. The van der Waals surface area contributed by atoms with E-state index in [1.54, 1.807) is 12.1 Å². The summed E-state index contributed by atoms with van der Waals surface area (Å²) in [6.45, 7) is 0. The summed E-state index contributed by atoms with van der Waals surface area (Å²) < 4.78 is 5.68. The maximum atomic E-state index is 6.00. The molecule has 2 aromatic rings. The second-order valence-corrected chi connectivity index (χ2v) is 5.95. The van der Waals surface area contributed by atoms with Gasteiger partial charge in [0.15, 0.2) is 0 Å². The molecule has 2 aromatic carbocycles. The predicted molar refractivity (Wildman–Crippen MR) is 79.5 cm³/mol. The normalized spacial score (nSPS) is 21.5. The number of halogens is 4. The van der Waals surface area contributed by atoms with Crippen molar-refractivity contribution in [1.29, 1.82) is 0 Å². The highest BCUT2D eigenvalue weighted by molar-refractivity contribution is 6.42. The predicted octanol–water partition coefficient (Wildman–Crippen LogP) is 6.11. The molecular weight excluding hydrogens is 326 g/mol. The third-order valence-electron chi connectivity index (χ3n) is 3.04. The molecule has 98 valence electrons. The van der Waals surface area contributed by atoms with Crippen molar-refractivity contribution in [1.82, 2.24) is 0 Å². The Morgan fingerprint density at radius 2 is 1.05 bits per heavy atom. The van der Waals surface area contributed by atoms with E-state index in [1.165, 1.54) is 0 Å². The van der Waals surface area contributed by atoms with Crippen LogP contribution in [0.5, 0.6) is 0 Å². The Kier molecular flexibility index (Phi) is 3.67. The molecule has 3 rings (SSSR count). The molecule has 0 radical (unpaired) electrons. The smallest absolute Gasteiger partial charge is 0.114 e. The summed E-state index contributed by atoms with van der Waals surface area (Å²) in [7, 11) is 0. The molecule has 19 heavy (non-hydrogen) atoms. The average molecular weight is 334 g/mol. The van der Waals surface area contributed by atoms with Gasteiger partial charge in [-0.1, -0.05) is 58.5 Å². The minimum absolute atomic E-state index is 0.00740. The molecule has 0 spiro atoms. The first-order valence-electron chi connectivity index (χ1n) is 5.61. The summed E-state index contributed by atoms with van der Waals surface area (Å²) in [5.41, 5.74) is 2.01. The van der Waals surface area contributed by atoms with E-state index in [1.807, 2.05) is 24.3 Å². The molecule has 0 N–H and O–H groups in total. The summed E-state index contributed by atoms with van der Waals surface area (Å²) >= 11 is 23.8. The van der Waals surface area contributed by atoms with Crippen LogP contribution in [-0.4, -0.2) is 0 Å². The number of benzene rings is 2. The van der Waals surface area contributed by atoms with Crippen LogP contribution in [0.25, 0.3) is 0 Å². The van der Waals surface area contributed by atoms with Gasteiger partial charge in [0.2, 0.25) is 0 Å². The molecule has 1 heterocycles. The quantitative estimate of drug-likeness (QED) is 0.604. The second-order valence-electron chi connectivity index (χ2n) is 4.32. The van der Waals surface area contributed by atoms with E-state index in [4.69, 9.17) is 51.1 Å². The molecule has 0 aromatic heterocycles. The van der Waals surface area contributed by atoms with Crippen LogP contribution in [0.1, 0.15) is 23.3 Å². The molecule has 1 fully saturated rings. The second kappa shape index (κ2) is 5.16. The summed E-state index contributed by atoms with van der Waals surface area (Å²) in [6.07, 6.45) is -0.0148. The first kappa shape index (κ1) is 13.5. The highest BCUT2D eigenvalue weighted by Crippen LogP contribution is 2.52. The molecule has 0 amide bonds. The fraction of sp³-hybridized carbons (Fsp3) is 0.143. The van der Waals surface area contributed by atoms with Crippen LogP contribution in [0.2, 0.25) is 20.1 Å². The monoisotopic (exact) mass is 332 g/mol. The summed E-state index contributed by atoms with van der Waals surface area (Å²) in [5.74, 6) is 0. The Bertz CT molecular complexity index is 586. The van der Waals surface area contributed by atoms with E-state index in [9.17, 15) is 0 Å². The van der Waals surface area contributed by atoms with Gasteiger partial charge in [-0.15, -0.1) is 0 Å². The Morgan fingerprint density at radius 3 is 1.42 bits per heavy atom. The fourth-order valence-corrected chi connectivity index (χ4v) is 2.61. The molecule has 0 bridgehead atoms. The lowest BCUT2D eigenvalue weighted by Crippen LogP contribution is -1.85. The van der Waals surface area contributed by atoms with E-state index >= 15 is 0 Å². The van der Waals surface area contributed by atoms with Crippen molar-refractivity contribution < 1.29 is 4.74 Å². The third-order valence-corrected chi connectivity index (χ3v) is 4.51. The van der Waals surface area contributed by atoms with E-state index in [-0.39, 0.29) is 12.2 Å². The van der Waals surface area contributed by atoms with Gasteiger partial charge in [-0.2, -0.15) is 0 Å². The van der Waals surface area contributed by atoms with Crippen molar-refractivity contribution >= 4 is 46.4 Å². The minimum atomic E-state index is -0.00740. The van der Waals surface area contributed by atoms with Gasteiger partial charge in [0.1, 0.15) is 12.2 Å². The maximum Gasteiger partial charge on any atom is 0.114 e. The number of hydrogen-bond acceptors (Lipinski definition) is 1. The van der Waals surface area contributed by atoms with Crippen LogP contribution in [0, 0.1) is 0 Å². The van der Waals surface area contributed by atoms with Gasteiger partial charge < -0.3 is 4.74 Å². The Morgan fingerprint density at radius 1 is 0.632 bits per heavy atom. The van der Waals surface area contributed by atoms with Crippen molar-refractivity contribution in [3.63, 3.8) is 0 Å². The van der Waals surface area contributed by atoms with Crippen LogP contribution >= 0.6 is 46.4 Å². The fourth-order valence-electron chi connectivity index (χ4n) is 2.00. The van der Waals surface area contributed by atoms with Gasteiger partial charge in [0.25, 0.3) is 0 Å². The number of hydrogen-bond donors (Lipinski definition) is 0. The maximum absolute atomic E-state index is 6.00. The minimum Gasteiger partial charge on any atom is -0.359 e. The van der Waals surface area contributed by atoms with Crippen LogP contribution in [0.4, 0.5) is 0 Å². The average Bonchev–Trinajstić information content (AvgIpc) is 3.16. The van der Waals surface area contributed by atoms with E-state index in [0.717, 1.165) is 11.1 Å². The van der Waals surface area contributed by atoms with Crippen molar-refractivity contribution in [3.8, 4) is 0 Å². The van der Waals surface area contributed by atoms with Gasteiger partial charge in [0, 0.05) is 0 Å². The molecule has 0 aliphatic carbocycles. The topological polar surface area (TPSA) is 12.5 Å². The lowest BCUT2D eigenvalue weighted by molar-refractivity contribution is 0.377. The molecule has 5 heteroatoms. The van der Waals surface area contributed by atoms with Crippen molar-refractivity contribution in [2.45, 2.75) is 12.2 Å². The van der Waals surface area contributed by atoms with Crippen molar-refractivity contribution in [3.05, 3.63) is 67.6 Å². The molecule has 2 atom stereocenters. The summed E-state index contributed by atoms with van der Waals surface area (Å²) in [5, 5.41) is 2.14. The lowest BCUT2D eigenvalue weighted by atomic mass is 10.0. The standard InChI is InChI=1S/C14H8Cl4O/c15-9-3-1-7(5-11(9)17)13-14(19-13)8-2-4-10(16)12(18)6-8/h1-6,13-14H/t13-,14+. The number of rotatable bonds is 2. The van der Waals surface area contributed by atoms with Gasteiger partial charge in [-0.3, -0.25) is 0 Å². The van der Waals surface area contributed by atoms with Gasteiger partial charge in [-0.05, 0) is 35.4 Å². The summed E-state index contributed by atoms with van der Waals surface area (Å²) in [6, 6.07) is 11.0. The van der Waals surface area contributed by atoms with E-state index < -0.39 is 0 Å². The van der Waals surface area contributed by atoms with Gasteiger partial charge in [0.05, 0.1) is 20.1 Å². The lowest BCUT2D eigenvalue weighted by Gasteiger charge is -2.01. The molecule has 1 aliphatic rings. The van der Waals surface area contributed by atoms with Crippen molar-refractivity contribution in [2.24, 2.45) is 0 Å². The molecule has 0 saturated carbocycles. The molecule has 1 aliphatic heterocycles. The highest BCUT2D eigenvalue weighted by atomic mass is 35.5. The Labute approximate surface area is 131 Å². The van der Waals surface area contributed by atoms with Gasteiger partial charge in [-0.25, -0.2) is 0 Å². The Balaban J connectivity index is 1.83. The zero-order valence-electron chi connectivity index (χ0n) is 9.54. The van der Waals surface area contributed by atoms with Crippen LogP contribution in [0.15, 0.2) is 36.4 Å². The summed E-state index contributed by atoms with van der Waals surface area (Å²) in [4.78, 5) is 0. The van der Waals surface area contributed by atoms with E-state index in [2.05, 4.69) is 0 Å². The number of ether oxygens (including phenoxy) is 1. The highest BCUT2D eigenvalue weighted by Gasteiger charge is 2.41. The number of epoxide rings is 1. The first-order valence-corrected chi connectivity index (χ1v) is 7.13. The SMILES string of the molecule is Clc1ccc([C@H]2O[C@H]2c2ccc(Cl)c(Cl)c2)cc1Cl. The van der Waals surface area contributed by atoms with Crippen LogP contribution in [0.3, 0.4) is 0 Å². The molecule has 0 unspecified atom stereocenters. The first-order chi connectivity index (χ1) is 9.06. The zero-order chi connectivity index (χ0) is 13.6.